The standard InChI is InChI=1S/C13H13N5OS/c1-18(13(15)20)10-4-2-8(3-5-10)11-6-9(7-14)12(19)17-16-11/h2-5,9H,6H2,1H3,(H2,15,20)(H,17,19). The second kappa shape index (κ2) is 5.67. The third-order valence-corrected chi connectivity index (χ3v) is 3.36. The predicted molar refractivity (Wildman–Crippen MR) is 80.0 cm³/mol. The number of carbonyl (C=O) groups excluding carboxylic acids is 1. The minimum absolute atomic E-state index is 0.282. The van der Waals surface area contributed by atoms with Gasteiger partial charge in [0.1, 0.15) is 5.92 Å². The molecule has 0 radical (unpaired) electrons. The lowest BCUT2D eigenvalue weighted by molar-refractivity contribution is -0.123. The first-order chi connectivity index (χ1) is 9.52. The molecule has 0 bridgehead atoms. The van der Waals surface area contributed by atoms with E-state index in [1.807, 2.05) is 30.3 Å². The van der Waals surface area contributed by atoms with Gasteiger partial charge in [-0.05, 0) is 29.9 Å². The van der Waals surface area contributed by atoms with E-state index in [1.54, 1.807) is 11.9 Å². The molecule has 0 fully saturated rings. The van der Waals surface area contributed by atoms with Crippen LogP contribution in [0.3, 0.4) is 0 Å². The van der Waals surface area contributed by atoms with Crippen LogP contribution in [0.15, 0.2) is 29.4 Å². The molecule has 1 aliphatic rings. The van der Waals surface area contributed by atoms with Gasteiger partial charge in [-0.15, -0.1) is 0 Å². The molecule has 1 amide bonds. The molecule has 1 aromatic carbocycles. The van der Waals surface area contributed by atoms with Crippen molar-refractivity contribution in [1.29, 1.82) is 5.26 Å². The molecule has 1 unspecified atom stereocenters. The van der Waals surface area contributed by atoms with E-state index in [0.29, 0.717) is 12.1 Å². The van der Waals surface area contributed by atoms with Crippen molar-refractivity contribution in [2.75, 3.05) is 11.9 Å². The van der Waals surface area contributed by atoms with E-state index >= 15 is 0 Å². The summed E-state index contributed by atoms with van der Waals surface area (Å²) >= 11 is 4.90. The van der Waals surface area contributed by atoms with E-state index < -0.39 is 5.92 Å². The Hall–Kier alpha value is -2.46. The number of carbonyl (C=O) groups is 1. The second-order valence-electron chi connectivity index (χ2n) is 4.36. The third-order valence-electron chi connectivity index (χ3n) is 3.09. The quantitative estimate of drug-likeness (QED) is 0.782. The number of nitrogens with two attached hydrogens (primary N) is 1. The molecular weight excluding hydrogens is 274 g/mol. The van der Waals surface area contributed by atoms with Crippen LogP contribution in [0.1, 0.15) is 12.0 Å². The molecule has 0 saturated heterocycles. The first-order valence-corrected chi connectivity index (χ1v) is 6.33. The number of hydrogen-bond donors (Lipinski definition) is 2. The van der Waals surface area contributed by atoms with E-state index in [-0.39, 0.29) is 11.0 Å². The molecule has 0 spiro atoms. The zero-order valence-corrected chi connectivity index (χ0v) is 11.6. The lowest BCUT2D eigenvalue weighted by Gasteiger charge is -2.19. The molecule has 102 valence electrons. The average molecular weight is 287 g/mol. The van der Waals surface area contributed by atoms with Crippen molar-refractivity contribution in [2.45, 2.75) is 6.42 Å². The highest BCUT2D eigenvalue weighted by atomic mass is 32.1. The van der Waals surface area contributed by atoms with E-state index in [2.05, 4.69) is 10.5 Å². The zero-order valence-electron chi connectivity index (χ0n) is 10.8. The summed E-state index contributed by atoms with van der Waals surface area (Å²) in [4.78, 5) is 13.0. The van der Waals surface area contributed by atoms with Gasteiger partial charge in [-0.3, -0.25) is 4.79 Å². The molecule has 3 N–H and O–H groups in total. The number of hydrazone groups is 1. The topological polar surface area (TPSA) is 94.5 Å². The van der Waals surface area contributed by atoms with Gasteiger partial charge in [0.2, 0.25) is 0 Å². The number of hydrogen-bond acceptors (Lipinski definition) is 4. The van der Waals surface area contributed by atoms with Crippen LogP contribution in [-0.2, 0) is 4.79 Å². The number of rotatable bonds is 2. The number of thiocarbonyl (C=S) groups is 1. The van der Waals surface area contributed by atoms with Crippen LogP contribution in [-0.4, -0.2) is 23.8 Å². The maximum atomic E-state index is 11.3. The van der Waals surface area contributed by atoms with Gasteiger partial charge in [0.05, 0.1) is 11.8 Å². The first kappa shape index (κ1) is 14.0. The Morgan fingerprint density at radius 2 is 2.20 bits per heavy atom. The van der Waals surface area contributed by atoms with Gasteiger partial charge in [0, 0.05) is 19.2 Å². The number of benzene rings is 1. The number of nitriles is 1. The highest BCUT2D eigenvalue weighted by Crippen LogP contribution is 2.18. The van der Waals surface area contributed by atoms with Crippen molar-refractivity contribution in [2.24, 2.45) is 16.8 Å². The molecule has 1 heterocycles. The van der Waals surface area contributed by atoms with Crippen molar-refractivity contribution in [3.8, 4) is 6.07 Å². The van der Waals surface area contributed by atoms with Gasteiger partial charge in [0.15, 0.2) is 5.11 Å². The summed E-state index contributed by atoms with van der Waals surface area (Å²) in [7, 11) is 1.78. The zero-order chi connectivity index (χ0) is 14.7. The fourth-order valence-electron chi connectivity index (χ4n) is 1.82. The Bertz CT molecular complexity index is 617. The van der Waals surface area contributed by atoms with Gasteiger partial charge in [-0.2, -0.15) is 10.4 Å². The normalized spacial score (nSPS) is 17.7. The summed E-state index contributed by atoms with van der Waals surface area (Å²) in [5.41, 5.74) is 10.3. The number of amides is 1. The van der Waals surface area contributed by atoms with Crippen LogP contribution in [0.5, 0.6) is 0 Å². The van der Waals surface area contributed by atoms with E-state index in [0.717, 1.165) is 11.3 Å². The molecule has 7 heteroatoms. The Balaban J connectivity index is 2.21. The van der Waals surface area contributed by atoms with Crippen molar-refractivity contribution >= 4 is 34.6 Å². The molecule has 1 aliphatic heterocycles. The SMILES string of the molecule is CN(C(N)=S)c1ccc(C2=NNC(=O)C(C#N)C2)cc1. The predicted octanol–water partition coefficient (Wildman–Crippen LogP) is 0.730. The maximum Gasteiger partial charge on any atom is 0.257 e. The number of nitrogens with zero attached hydrogens (tertiary/aromatic N) is 3. The van der Waals surface area contributed by atoms with Crippen LogP contribution < -0.4 is 16.1 Å². The monoisotopic (exact) mass is 287 g/mol. The number of anilines is 1. The minimum Gasteiger partial charge on any atom is -0.376 e. The van der Waals surface area contributed by atoms with Crippen LogP contribution in [0.4, 0.5) is 5.69 Å². The molecule has 6 nitrogen and oxygen atoms in total. The number of nitrogens with one attached hydrogen (secondary N) is 1. The van der Waals surface area contributed by atoms with Crippen molar-refractivity contribution in [3.63, 3.8) is 0 Å². The van der Waals surface area contributed by atoms with Gasteiger partial charge < -0.3 is 10.6 Å². The van der Waals surface area contributed by atoms with Crippen LogP contribution in [0.2, 0.25) is 0 Å². The fourth-order valence-corrected chi connectivity index (χ4v) is 1.93. The summed E-state index contributed by atoms with van der Waals surface area (Å²) in [6.45, 7) is 0. The summed E-state index contributed by atoms with van der Waals surface area (Å²) in [6, 6.07) is 9.39. The average Bonchev–Trinajstić information content (AvgIpc) is 2.47. The third kappa shape index (κ3) is 2.75. The Morgan fingerprint density at radius 1 is 1.55 bits per heavy atom. The molecule has 1 atom stereocenters. The van der Waals surface area contributed by atoms with Crippen LogP contribution in [0, 0.1) is 17.2 Å². The lowest BCUT2D eigenvalue weighted by atomic mass is 9.96. The van der Waals surface area contributed by atoms with Crippen molar-refractivity contribution < 1.29 is 4.79 Å². The van der Waals surface area contributed by atoms with Crippen LogP contribution in [0.25, 0.3) is 0 Å². The molecule has 0 saturated carbocycles. The fraction of sp³-hybridized carbons (Fsp3) is 0.231. The van der Waals surface area contributed by atoms with Gasteiger partial charge >= 0.3 is 0 Å². The van der Waals surface area contributed by atoms with E-state index in [1.165, 1.54) is 0 Å². The summed E-state index contributed by atoms with van der Waals surface area (Å²) in [5.74, 6) is -1.05. The van der Waals surface area contributed by atoms with E-state index in [9.17, 15) is 4.79 Å². The smallest absolute Gasteiger partial charge is 0.257 e. The summed E-state index contributed by atoms with van der Waals surface area (Å²) in [5, 5.41) is 13.2. The molecule has 20 heavy (non-hydrogen) atoms. The second-order valence-corrected chi connectivity index (χ2v) is 4.78. The highest BCUT2D eigenvalue weighted by Gasteiger charge is 2.25. The Labute approximate surface area is 121 Å². The minimum atomic E-state index is -0.693. The Morgan fingerprint density at radius 3 is 2.75 bits per heavy atom. The van der Waals surface area contributed by atoms with Crippen LogP contribution >= 0.6 is 12.2 Å². The Kier molecular flexibility index (Phi) is 3.96. The molecular formula is C13H13N5OS. The molecule has 2 rings (SSSR count). The van der Waals surface area contributed by atoms with E-state index in [4.69, 9.17) is 23.2 Å². The first-order valence-electron chi connectivity index (χ1n) is 5.92. The lowest BCUT2D eigenvalue weighted by Crippen LogP contribution is -2.34. The van der Waals surface area contributed by atoms with Gasteiger partial charge in [0.25, 0.3) is 5.91 Å². The van der Waals surface area contributed by atoms with Gasteiger partial charge in [-0.1, -0.05) is 12.1 Å². The van der Waals surface area contributed by atoms with Crippen molar-refractivity contribution in [3.05, 3.63) is 29.8 Å². The van der Waals surface area contributed by atoms with Crippen molar-refractivity contribution in [1.82, 2.24) is 5.43 Å². The molecule has 0 aliphatic carbocycles. The maximum absolute atomic E-state index is 11.3. The molecule has 1 aromatic rings. The van der Waals surface area contributed by atoms with Gasteiger partial charge in [-0.25, -0.2) is 5.43 Å². The summed E-state index contributed by atoms with van der Waals surface area (Å²) < 4.78 is 0. The largest absolute Gasteiger partial charge is 0.376 e. The molecule has 0 aromatic heterocycles. The summed E-state index contributed by atoms with van der Waals surface area (Å²) in [6.07, 6.45) is 0.312. The highest BCUT2D eigenvalue weighted by molar-refractivity contribution is 7.80.